The van der Waals surface area contributed by atoms with Crippen LogP contribution in [0.3, 0.4) is 0 Å². The van der Waals surface area contributed by atoms with Crippen molar-refractivity contribution in [1.82, 2.24) is 0 Å². The van der Waals surface area contributed by atoms with E-state index in [1.54, 1.807) is 0 Å². The first-order valence-electron chi connectivity index (χ1n) is 4.89. The predicted octanol–water partition coefficient (Wildman–Crippen LogP) is 2.85. The first kappa shape index (κ1) is 8.98. The summed E-state index contributed by atoms with van der Waals surface area (Å²) in [6.07, 6.45) is 1.08. The summed E-state index contributed by atoms with van der Waals surface area (Å²) in [5.74, 6) is 1.12. The van der Waals surface area contributed by atoms with E-state index in [9.17, 15) is 4.79 Å². The van der Waals surface area contributed by atoms with Crippen LogP contribution in [0.2, 0.25) is 5.02 Å². The average molecular weight is 221 g/mol. The Labute approximate surface area is 92.5 Å². The van der Waals surface area contributed by atoms with Crippen molar-refractivity contribution in [1.29, 1.82) is 0 Å². The van der Waals surface area contributed by atoms with Crippen LogP contribution in [0.1, 0.15) is 18.4 Å². The molecule has 1 aromatic rings. The highest BCUT2D eigenvalue weighted by Crippen LogP contribution is 2.41. The molecule has 15 heavy (non-hydrogen) atoms. The van der Waals surface area contributed by atoms with E-state index in [0.29, 0.717) is 24.5 Å². The zero-order valence-electron chi connectivity index (χ0n) is 8.05. The number of benzene rings is 1. The zero-order valence-corrected chi connectivity index (χ0v) is 8.80. The second-order valence-electron chi connectivity index (χ2n) is 3.90. The van der Waals surface area contributed by atoms with Crippen LogP contribution in [0, 0.1) is 0 Å². The van der Waals surface area contributed by atoms with Crippen molar-refractivity contribution in [2.75, 3.05) is 6.61 Å². The van der Waals surface area contributed by atoms with E-state index in [0.717, 1.165) is 22.5 Å². The maximum atomic E-state index is 11.4. The third-order valence-electron chi connectivity index (χ3n) is 2.88. The molecular formula is C12H9ClO2. The van der Waals surface area contributed by atoms with Gasteiger partial charge in [0.1, 0.15) is 18.1 Å². The Kier molecular flexibility index (Phi) is 1.86. The smallest absolute Gasteiger partial charge is 0.141 e. The molecule has 0 bridgehead atoms. The van der Waals surface area contributed by atoms with Gasteiger partial charge in [0.2, 0.25) is 0 Å². The summed E-state index contributed by atoms with van der Waals surface area (Å²) in [5, 5.41) is 0.686. The number of carbonyl (C=O) groups excluding carboxylic acids is 1. The fourth-order valence-electron chi connectivity index (χ4n) is 2.18. The van der Waals surface area contributed by atoms with Crippen LogP contribution >= 0.6 is 11.6 Å². The van der Waals surface area contributed by atoms with E-state index in [-0.39, 0.29) is 5.78 Å². The van der Waals surface area contributed by atoms with Crippen LogP contribution in [0.4, 0.5) is 0 Å². The molecule has 0 saturated heterocycles. The second-order valence-corrected chi connectivity index (χ2v) is 4.34. The Hall–Kier alpha value is -1.28. The Morgan fingerprint density at radius 2 is 2.13 bits per heavy atom. The Morgan fingerprint density at radius 1 is 1.27 bits per heavy atom. The van der Waals surface area contributed by atoms with Gasteiger partial charge in [-0.3, -0.25) is 4.79 Å². The van der Waals surface area contributed by atoms with Crippen LogP contribution < -0.4 is 4.74 Å². The quantitative estimate of drug-likeness (QED) is 0.672. The molecule has 76 valence electrons. The van der Waals surface area contributed by atoms with Crippen molar-refractivity contribution < 1.29 is 9.53 Å². The average Bonchev–Trinajstić information content (AvgIpc) is 2.58. The van der Waals surface area contributed by atoms with Gasteiger partial charge >= 0.3 is 0 Å². The number of Topliss-reactive ketones (excluding diaryl/α,β-unsaturated/α-hetero) is 1. The minimum Gasteiger partial charge on any atom is -0.489 e. The van der Waals surface area contributed by atoms with E-state index in [1.165, 1.54) is 0 Å². The molecule has 0 amide bonds. The molecule has 0 aromatic heterocycles. The van der Waals surface area contributed by atoms with E-state index in [2.05, 4.69) is 0 Å². The van der Waals surface area contributed by atoms with Gasteiger partial charge in [0, 0.05) is 23.4 Å². The van der Waals surface area contributed by atoms with Crippen molar-refractivity contribution in [3.05, 3.63) is 34.4 Å². The standard InChI is InChI=1S/C12H9ClO2/c13-8-1-2-12-11(4-8)10-5-9(14)3-7(10)6-15-12/h1-2,4H,3,5-6H2. The van der Waals surface area contributed by atoms with Crippen LogP contribution in [0.25, 0.3) is 5.57 Å². The number of ketones is 1. The van der Waals surface area contributed by atoms with Crippen molar-refractivity contribution in [3.63, 3.8) is 0 Å². The first-order valence-corrected chi connectivity index (χ1v) is 5.27. The van der Waals surface area contributed by atoms with Crippen LogP contribution in [0.5, 0.6) is 5.75 Å². The number of ether oxygens (including phenoxy) is 1. The van der Waals surface area contributed by atoms with Crippen LogP contribution in [0.15, 0.2) is 23.8 Å². The summed E-state index contributed by atoms with van der Waals surface area (Å²) in [4.78, 5) is 11.4. The summed E-state index contributed by atoms with van der Waals surface area (Å²) in [5.41, 5.74) is 3.24. The van der Waals surface area contributed by atoms with Gasteiger partial charge in [-0.25, -0.2) is 0 Å². The maximum Gasteiger partial charge on any atom is 0.141 e. The van der Waals surface area contributed by atoms with Crippen LogP contribution in [-0.2, 0) is 4.79 Å². The molecule has 1 aliphatic carbocycles. The third kappa shape index (κ3) is 1.37. The lowest BCUT2D eigenvalue weighted by atomic mass is 9.99. The number of hydrogen-bond donors (Lipinski definition) is 0. The highest BCUT2D eigenvalue weighted by atomic mass is 35.5. The fraction of sp³-hybridized carbons (Fsp3) is 0.250. The molecule has 0 N–H and O–H groups in total. The normalized spacial score (nSPS) is 18.6. The number of hydrogen-bond acceptors (Lipinski definition) is 2. The summed E-state index contributed by atoms with van der Waals surface area (Å²) < 4.78 is 5.57. The molecule has 1 aliphatic heterocycles. The Morgan fingerprint density at radius 3 is 3.00 bits per heavy atom. The van der Waals surface area contributed by atoms with Gasteiger partial charge in [0.05, 0.1) is 0 Å². The summed E-state index contributed by atoms with van der Waals surface area (Å²) in [6, 6.07) is 5.55. The fourth-order valence-corrected chi connectivity index (χ4v) is 2.35. The van der Waals surface area contributed by atoms with Gasteiger partial charge in [-0.15, -0.1) is 0 Å². The van der Waals surface area contributed by atoms with E-state index < -0.39 is 0 Å². The van der Waals surface area contributed by atoms with Gasteiger partial charge < -0.3 is 4.74 Å². The lowest BCUT2D eigenvalue weighted by Gasteiger charge is -2.19. The molecule has 0 saturated carbocycles. The minimum absolute atomic E-state index is 0.274. The predicted molar refractivity (Wildman–Crippen MR) is 58.1 cm³/mol. The molecule has 0 radical (unpaired) electrons. The molecule has 3 rings (SSSR count). The number of halogens is 1. The van der Waals surface area contributed by atoms with Gasteiger partial charge in [-0.2, -0.15) is 0 Å². The highest BCUT2D eigenvalue weighted by molar-refractivity contribution is 6.30. The van der Waals surface area contributed by atoms with E-state index in [1.807, 2.05) is 18.2 Å². The summed E-state index contributed by atoms with van der Waals surface area (Å²) in [7, 11) is 0. The van der Waals surface area contributed by atoms with Gasteiger partial charge in [0.25, 0.3) is 0 Å². The van der Waals surface area contributed by atoms with Crippen LogP contribution in [-0.4, -0.2) is 12.4 Å². The monoisotopic (exact) mass is 220 g/mol. The molecule has 2 aliphatic rings. The first-order chi connectivity index (χ1) is 7.24. The van der Waals surface area contributed by atoms with Gasteiger partial charge in [-0.1, -0.05) is 11.6 Å². The van der Waals surface area contributed by atoms with Gasteiger partial charge in [0.15, 0.2) is 0 Å². The van der Waals surface area contributed by atoms with Gasteiger partial charge in [-0.05, 0) is 29.3 Å². The summed E-state index contributed by atoms with van der Waals surface area (Å²) >= 11 is 5.94. The number of allylic oxidation sites excluding steroid dienone is 1. The number of fused-ring (bicyclic) bond motifs is 2. The minimum atomic E-state index is 0.274. The molecule has 1 heterocycles. The molecule has 0 unspecified atom stereocenters. The summed E-state index contributed by atoms with van der Waals surface area (Å²) in [6.45, 7) is 0.551. The van der Waals surface area contributed by atoms with E-state index >= 15 is 0 Å². The lowest BCUT2D eigenvalue weighted by Crippen LogP contribution is -2.08. The molecule has 0 fully saturated rings. The number of rotatable bonds is 0. The van der Waals surface area contributed by atoms with Crippen molar-refractivity contribution in [2.24, 2.45) is 0 Å². The molecule has 0 spiro atoms. The van der Waals surface area contributed by atoms with Crippen molar-refractivity contribution in [3.8, 4) is 5.75 Å². The largest absolute Gasteiger partial charge is 0.489 e. The SMILES string of the molecule is O=C1CC2=C(C1)c1cc(Cl)ccc1OC2. The van der Waals surface area contributed by atoms with Crippen molar-refractivity contribution in [2.45, 2.75) is 12.8 Å². The lowest BCUT2D eigenvalue weighted by molar-refractivity contribution is -0.116. The molecule has 2 nitrogen and oxygen atoms in total. The number of carbonyl (C=O) groups is 1. The molecular weight excluding hydrogens is 212 g/mol. The Balaban J connectivity index is 2.16. The van der Waals surface area contributed by atoms with E-state index in [4.69, 9.17) is 16.3 Å². The third-order valence-corrected chi connectivity index (χ3v) is 3.12. The topological polar surface area (TPSA) is 26.3 Å². The zero-order chi connectivity index (χ0) is 10.4. The Bertz CT molecular complexity index is 488. The highest BCUT2D eigenvalue weighted by Gasteiger charge is 2.28. The molecule has 3 heteroatoms. The van der Waals surface area contributed by atoms with Crippen molar-refractivity contribution >= 4 is 23.0 Å². The molecule has 0 atom stereocenters. The molecule has 1 aromatic carbocycles. The maximum absolute atomic E-state index is 11.4. The second kappa shape index (κ2) is 3.11.